The number of aromatic carboxylic acids is 1. The van der Waals surface area contributed by atoms with E-state index in [4.69, 9.17) is 9.84 Å². The molecule has 1 heterocycles. The number of hydrogen-bond donors (Lipinski definition) is 2. The quantitative estimate of drug-likeness (QED) is 0.790. The molecular formula is C17H20N4O4. The molecule has 1 amide bonds. The first-order valence-corrected chi connectivity index (χ1v) is 8.26. The number of nitrogens with zero attached hydrogens (tertiary/aromatic N) is 3. The number of carbonyl (C=O) groups excluding carboxylic acids is 1. The van der Waals surface area contributed by atoms with Crippen LogP contribution in [0.5, 0.6) is 5.75 Å². The van der Waals surface area contributed by atoms with E-state index in [1.807, 2.05) is 24.3 Å². The molecule has 0 bridgehead atoms. The van der Waals surface area contributed by atoms with E-state index < -0.39 is 5.97 Å². The number of nitrogens with one attached hydrogen (secondary N) is 1. The molecule has 8 heteroatoms. The van der Waals surface area contributed by atoms with E-state index in [9.17, 15) is 9.59 Å². The molecule has 1 aliphatic rings. The SMILES string of the molecule is O=C(Cn1cc(C(=O)O)nn1)NCc1ccccc1OC1CCCC1. The Morgan fingerprint density at radius 2 is 2.04 bits per heavy atom. The lowest BCUT2D eigenvalue weighted by molar-refractivity contribution is -0.122. The van der Waals surface area contributed by atoms with Crippen LogP contribution in [0, 0.1) is 0 Å². The van der Waals surface area contributed by atoms with E-state index in [0.717, 1.165) is 24.2 Å². The van der Waals surface area contributed by atoms with Crippen LogP contribution in [0.25, 0.3) is 0 Å². The zero-order valence-corrected chi connectivity index (χ0v) is 13.7. The van der Waals surface area contributed by atoms with E-state index in [1.54, 1.807) is 0 Å². The van der Waals surface area contributed by atoms with Gasteiger partial charge in [0, 0.05) is 12.1 Å². The van der Waals surface area contributed by atoms with Crippen molar-refractivity contribution < 1.29 is 19.4 Å². The highest BCUT2D eigenvalue weighted by Gasteiger charge is 2.18. The summed E-state index contributed by atoms with van der Waals surface area (Å²) in [7, 11) is 0. The molecular weight excluding hydrogens is 324 g/mol. The second-order valence-electron chi connectivity index (χ2n) is 6.02. The standard InChI is InChI=1S/C17H20N4O4/c22-16(11-21-10-14(17(23)24)19-20-21)18-9-12-5-1-4-8-15(12)25-13-6-2-3-7-13/h1,4-5,8,10,13H,2-3,6-7,9,11H2,(H,18,22)(H,23,24). The zero-order chi connectivity index (χ0) is 17.6. The maximum atomic E-state index is 12.0. The van der Waals surface area contributed by atoms with E-state index in [2.05, 4.69) is 15.6 Å². The zero-order valence-electron chi connectivity index (χ0n) is 13.7. The molecule has 132 valence electrons. The number of aromatic nitrogens is 3. The molecule has 0 aliphatic heterocycles. The maximum absolute atomic E-state index is 12.0. The van der Waals surface area contributed by atoms with Gasteiger partial charge in [-0.25, -0.2) is 9.48 Å². The van der Waals surface area contributed by atoms with Crippen molar-refractivity contribution in [2.24, 2.45) is 0 Å². The summed E-state index contributed by atoms with van der Waals surface area (Å²) in [6.07, 6.45) is 6.00. The minimum absolute atomic E-state index is 0.0913. The molecule has 1 fully saturated rings. The molecule has 2 N–H and O–H groups in total. The van der Waals surface area contributed by atoms with Gasteiger partial charge in [0.25, 0.3) is 0 Å². The van der Waals surface area contributed by atoms with Crippen molar-refractivity contribution in [2.75, 3.05) is 0 Å². The van der Waals surface area contributed by atoms with Crippen LogP contribution in [0.15, 0.2) is 30.5 Å². The minimum Gasteiger partial charge on any atom is -0.490 e. The van der Waals surface area contributed by atoms with Gasteiger partial charge in [-0.2, -0.15) is 0 Å². The van der Waals surface area contributed by atoms with Crippen molar-refractivity contribution in [3.63, 3.8) is 0 Å². The summed E-state index contributed by atoms with van der Waals surface area (Å²) in [5, 5.41) is 18.7. The molecule has 1 aromatic heterocycles. The predicted molar refractivity (Wildman–Crippen MR) is 88.2 cm³/mol. The van der Waals surface area contributed by atoms with Crippen LogP contribution < -0.4 is 10.1 Å². The summed E-state index contributed by atoms with van der Waals surface area (Å²) >= 11 is 0. The number of carbonyl (C=O) groups is 2. The van der Waals surface area contributed by atoms with E-state index >= 15 is 0 Å². The van der Waals surface area contributed by atoms with Crippen molar-refractivity contribution in [1.82, 2.24) is 20.3 Å². The van der Waals surface area contributed by atoms with Crippen LogP contribution in [-0.4, -0.2) is 38.1 Å². The van der Waals surface area contributed by atoms with Gasteiger partial charge in [-0.15, -0.1) is 5.10 Å². The molecule has 0 atom stereocenters. The molecule has 1 saturated carbocycles. The third-order valence-electron chi connectivity index (χ3n) is 4.11. The Morgan fingerprint density at radius 1 is 1.28 bits per heavy atom. The van der Waals surface area contributed by atoms with Gasteiger partial charge in [0.15, 0.2) is 5.69 Å². The van der Waals surface area contributed by atoms with Crippen molar-refractivity contribution >= 4 is 11.9 Å². The lowest BCUT2D eigenvalue weighted by Crippen LogP contribution is -2.27. The Hall–Kier alpha value is -2.90. The van der Waals surface area contributed by atoms with Crippen molar-refractivity contribution in [3.8, 4) is 5.75 Å². The lowest BCUT2D eigenvalue weighted by atomic mass is 10.2. The molecule has 1 aromatic carbocycles. The molecule has 0 unspecified atom stereocenters. The van der Waals surface area contributed by atoms with E-state index in [0.29, 0.717) is 6.54 Å². The summed E-state index contributed by atoms with van der Waals surface area (Å²) < 4.78 is 7.24. The first-order chi connectivity index (χ1) is 12.1. The number of carboxylic acids is 1. The first kappa shape index (κ1) is 16.9. The summed E-state index contributed by atoms with van der Waals surface area (Å²) in [5.74, 6) is -0.661. The van der Waals surface area contributed by atoms with Crippen LogP contribution in [0.4, 0.5) is 0 Å². The molecule has 2 aromatic rings. The summed E-state index contributed by atoms with van der Waals surface area (Å²) in [4.78, 5) is 22.8. The van der Waals surface area contributed by atoms with E-state index in [-0.39, 0.29) is 24.2 Å². The van der Waals surface area contributed by atoms with Crippen molar-refractivity contribution in [2.45, 2.75) is 44.9 Å². The summed E-state index contributed by atoms with van der Waals surface area (Å²) in [6.45, 7) is 0.244. The Morgan fingerprint density at radius 3 is 2.76 bits per heavy atom. The van der Waals surface area contributed by atoms with Gasteiger partial charge in [0.05, 0.1) is 12.3 Å². The lowest BCUT2D eigenvalue weighted by Gasteiger charge is -2.16. The third kappa shape index (κ3) is 4.56. The number of hydrogen-bond acceptors (Lipinski definition) is 5. The average molecular weight is 344 g/mol. The monoisotopic (exact) mass is 344 g/mol. The van der Waals surface area contributed by atoms with E-state index in [1.165, 1.54) is 23.7 Å². The number of amides is 1. The number of carboxylic acid groups (broad SMARTS) is 1. The van der Waals surface area contributed by atoms with Gasteiger partial charge >= 0.3 is 5.97 Å². The van der Waals surface area contributed by atoms with Gasteiger partial charge < -0.3 is 15.2 Å². The molecule has 0 saturated heterocycles. The van der Waals surface area contributed by atoms with Gasteiger partial charge in [-0.3, -0.25) is 4.79 Å². The fourth-order valence-corrected chi connectivity index (χ4v) is 2.82. The predicted octanol–water partition coefficient (Wildman–Crippen LogP) is 1.61. The maximum Gasteiger partial charge on any atom is 0.358 e. The average Bonchev–Trinajstić information content (AvgIpc) is 3.26. The van der Waals surface area contributed by atoms with Crippen LogP contribution in [-0.2, 0) is 17.9 Å². The topological polar surface area (TPSA) is 106 Å². The molecule has 25 heavy (non-hydrogen) atoms. The molecule has 3 rings (SSSR count). The Balaban J connectivity index is 1.55. The summed E-state index contributed by atoms with van der Waals surface area (Å²) in [5.41, 5.74) is 0.718. The van der Waals surface area contributed by atoms with Gasteiger partial charge in [-0.05, 0) is 31.7 Å². The van der Waals surface area contributed by atoms with Crippen molar-refractivity contribution in [1.29, 1.82) is 0 Å². The van der Waals surface area contributed by atoms with Crippen LogP contribution in [0.1, 0.15) is 41.7 Å². The molecule has 0 spiro atoms. The highest BCUT2D eigenvalue weighted by Crippen LogP contribution is 2.26. The number of ether oxygens (including phenoxy) is 1. The molecule has 1 aliphatic carbocycles. The van der Waals surface area contributed by atoms with Gasteiger partial charge in [-0.1, -0.05) is 23.4 Å². The van der Waals surface area contributed by atoms with Crippen LogP contribution in [0.3, 0.4) is 0 Å². The fourth-order valence-electron chi connectivity index (χ4n) is 2.82. The van der Waals surface area contributed by atoms with Crippen LogP contribution >= 0.6 is 0 Å². The second-order valence-corrected chi connectivity index (χ2v) is 6.02. The summed E-state index contributed by atoms with van der Waals surface area (Å²) in [6, 6.07) is 7.65. The largest absolute Gasteiger partial charge is 0.490 e. The fraction of sp³-hybridized carbons (Fsp3) is 0.412. The van der Waals surface area contributed by atoms with Gasteiger partial charge in [0.1, 0.15) is 12.3 Å². The Labute approximate surface area is 144 Å². The number of benzene rings is 1. The highest BCUT2D eigenvalue weighted by atomic mass is 16.5. The Kier molecular flexibility index (Phi) is 5.27. The van der Waals surface area contributed by atoms with Gasteiger partial charge in [0.2, 0.25) is 5.91 Å². The second kappa shape index (κ2) is 7.78. The molecule has 0 radical (unpaired) electrons. The Bertz CT molecular complexity index is 753. The van der Waals surface area contributed by atoms with Crippen LogP contribution in [0.2, 0.25) is 0 Å². The number of rotatable bonds is 7. The normalized spacial score (nSPS) is 14.4. The first-order valence-electron chi connectivity index (χ1n) is 8.26. The number of para-hydroxylation sites is 1. The molecule has 8 nitrogen and oxygen atoms in total. The minimum atomic E-state index is -1.18. The highest BCUT2D eigenvalue weighted by molar-refractivity contribution is 5.84. The third-order valence-corrected chi connectivity index (χ3v) is 4.11. The smallest absolute Gasteiger partial charge is 0.358 e. The van der Waals surface area contributed by atoms with Crippen molar-refractivity contribution in [3.05, 3.63) is 41.7 Å².